The number of nitro groups is 1. The van der Waals surface area contributed by atoms with E-state index in [0.717, 1.165) is 18.4 Å². The van der Waals surface area contributed by atoms with Crippen LogP contribution < -0.4 is 10.1 Å². The van der Waals surface area contributed by atoms with E-state index in [9.17, 15) is 19.7 Å². The monoisotopic (exact) mass is 416 g/mol. The Balaban J connectivity index is 1.97. The molecule has 0 bridgehead atoms. The number of non-ortho nitro benzene ring substituents is 1. The normalized spacial score (nSPS) is 11.3. The fourth-order valence-electron chi connectivity index (χ4n) is 2.53. The topological polar surface area (TPSA) is 117 Å². The van der Waals surface area contributed by atoms with Gasteiger partial charge >= 0.3 is 12.1 Å². The molecule has 2 aromatic carbocycles. The van der Waals surface area contributed by atoms with Crippen LogP contribution in [-0.2, 0) is 20.7 Å². The lowest BCUT2D eigenvalue weighted by atomic mass is 10.1. The number of carbonyl (C=O) groups is 2. The quantitative estimate of drug-likeness (QED) is 0.269. The van der Waals surface area contributed by atoms with Gasteiger partial charge in [-0.25, -0.2) is 9.59 Å². The number of esters is 1. The van der Waals surface area contributed by atoms with E-state index in [-0.39, 0.29) is 18.7 Å². The smallest absolute Gasteiger partial charge is 0.407 e. The van der Waals surface area contributed by atoms with Crippen LogP contribution in [0.3, 0.4) is 0 Å². The van der Waals surface area contributed by atoms with E-state index >= 15 is 0 Å². The van der Waals surface area contributed by atoms with Crippen LogP contribution in [0.2, 0.25) is 0 Å². The number of benzene rings is 2. The van der Waals surface area contributed by atoms with Gasteiger partial charge in [0.25, 0.3) is 5.69 Å². The molecule has 0 aromatic heterocycles. The van der Waals surface area contributed by atoms with Crippen LogP contribution in [0.15, 0.2) is 48.5 Å². The molecule has 0 aliphatic carbocycles. The van der Waals surface area contributed by atoms with Crippen molar-refractivity contribution in [2.75, 3.05) is 13.7 Å². The van der Waals surface area contributed by atoms with Gasteiger partial charge in [0.1, 0.15) is 17.5 Å². The maximum atomic E-state index is 12.0. The Morgan fingerprint density at radius 1 is 1.07 bits per heavy atom. The number of hydrogen-bond acceptors (Lipinski definition) is 7. The van der Waals surface area contributed by atoms with E-state index in [4.69, 9.17) is 14.2 Å². The van der Waals surface area contributed by atoms with Crippen molar-refractivity contribution < 1.29 is 28.7 Å². The fraction of sp³-hybridized carbons (Fsp3) is 0.333. The lowest BCUT2D eigenvalue weighted by Gasteiger charge is -2.16. The summed E-state index contributed by atoms with van der Waals surface area (Å²) in [6, 6.07) is 11.7. The third kappa shape index (κ3) is 7.08. The van der Waals surface area contributed by atoms with Crippen LogP contribution in [0.1, 0.15) is 25.3 Å². The lowest BCUT2D eigenvalue weighted by molar-refractivity contribution is -0.384. The summed E-state index contributed by atoms with van der Waals surface area (Å²) in [6.07, 6.45) is 1.18. The minimum absolute atomic E-state index is 0.0210. The average molecular weight is 416 g/mol. The van der Waals surface area contributed by atoms with Crippen molar-refractivity contribution >= 4 is 17.7 Å². The molecule has 1 amide bonds. The number of nitrogens with zero attached hydrogens (tertiary/aromatic N) is 1. The summed E-state index contributed by atoms with van der Waals surface area (Å²) in [5.41, 5.74) is 0.752. The number of nitrogens with one attached hydrogen (secondary N) is 1. The van der Waals surface area contributed by atoms with E-state index in [0.29, 0.717) is 11.5 Å². The Morgan fingerprint density at radius 2 is 1.67 bits per heavy atom. The van der Waals surface area contributed by atoms with Crippen LogP contribution in [0, 0.1) is 10.1 Å². The molecule has 1 N–H and O–H groups in total. The second-order valence-corrected chi connectivity index (χ2v) is 6.41. The largest absolute Gasteiger partial charge is 0.467 e. The molecule has 0 aliphatic rings. The van der Waals surface area contributed by atoms with Crippen molar-refractivity contribution in [2.24, 2.45) is 0 Å². The second-order valence-electron chi connectivity index (χ2n) is 6.41. The zero-order valence-corrected chi connectivity index (χ0v) is 16.8. The van der Waals surface area contributed by atoms with Crippen LogP contribution >= 0.6 is 0 Å². The van der Waals surface area contributed by atoms with E-state index < -0.39 is 23.0 Å². The minimum Gasteiger partial charge on any atom is -0.467 e. The van der Waals surface area contributed by atoms with Gasteiger partial charge in [-0.15, -0.1) is 0 Å². The molecule has 0 radical (unpaired) electrons. The number of unbranched alkanes of at least 4 members (excludes halogenated alkanes) is 1. The van der Waals surface area contributed by atoms with Gasteiger partial charge in [-0.05, 0) is 36.2 Å². The first-order valence-electron chi connectivity index (χ1n) is 9.45. The third-order valence-corrected chi connectivity index (χ3v) is 4.16. The zero-order valence-electron chi connectivity index (χ0n) is 16.8. The number of ether oxygens (including phenoxy) is 3. The SMILES string of the molecule is CCCCOC(=O)N[C@@H](Cc1ccc(Oc2ccc([N+](=O)[O-])cc2)cc1)C(=O)OC. The van der Waals surface area contributed by atoms with E-state index in [1.807, 2.05) is 6.92 Å². The van der Waals surface area contributed by atoms with Gasteiger partial charge in [-0.1, -0.05) is 25.5 Å². The first-order chi connectivity index (χ1) is 14.4. The molecule has 2 rings (SSSR count). The summed E-state index contributed by atoms with van der Waals surface area (Å²) < 4.78 is 15.4. The van der Waals surface area contributed by atoms with Gasteiger partial charge in [-0.2, -0.15) is 0 Å². The number of amides is 1. The van der Waals surface area contributed by atoms with Crippen molar-refractivity contribution in [3.63, 3.8) is 0 Å². The van der Waals surface area contributed by atoms with Crippen molar-refractivity contribution in [2.45, 2.75) is 32.2 Å². The van der Waals surface area contributed by atoms with Crippen molar-refractivity contribution in [1.29, 1.82) is 0 Å². The van der Waals surface area contributed by atoms with Gasteiger partial charge in [0, 0.05) is 18.6 Å². The Bertz CT molecular complexity index is 851. The van der Waals surface area contributed by atoms with Crippen molar-refractivity contribution in [3.8, 4) is 11.5 Å². The highest BCUT2D eigenvalue weighted by molar-refractivity contribution is 5.81. The van der Waals surface area contributed by atoms with Gasteiger partial charge in [0.05, 0.1) is 18.6 Å². The molecular weight excluding hydrogens is 392 g/mol. The van der Waals surface area contributed by atoms with Gasteiger partial charge in [0.2, 0.25) is 0 Å². The fourth-order valence-corrected chi connectivity index (χ4v) is 2.53. The van der Waals surface area contributed by atoms with Crippen LogP contribution in [0.5, 0.6) is 11.5 Å². The third-order valence-electron chi connectivity index (χ3n) is 4.16. The average Bonchev–Trinajstić information content (AvgIpc) is 2.74. The Morgan fingerprint density at radius 3 is 2.20 bits per heavy atom. The maximum absolute atomic E-state index is 12.0. The molecule has 0 saturated heterocycles. The molecule has 0 unspecified atom stereocenters. The number of alkyl carbamates (subject to hydrolysis) is 1. The highest BCUT2D eigenvalue weighted by atomic mass is 16.6. The van der Waals surface area contributed by atoms with E-state index in [1.165, 1.54) is 31.4 Å². The van der Waals surface area contributed by atoms with Crippen LogP contribution in [-0.4, -0.2) is 36.7 Å². The first kappa shape index (κ1) is 22.7. The first-order valence-corrected chi connectivity index (χ1v) is 9.45. The van der Waals surface area contributed by atoms with Gasteiger partial charge in [-0.3, -0.25) is 10.1 Å². The van der Waals surface area contributed by atoms with Crippen LogP contribution in [0.4, 0.5) is 10.5 Å². The molecule has 0 heterocycles. The molecular formula is C21H24N2O7. The number of carbonyl (C=O) groups excluding carboxylic acids is 2. The highest BCUT2D eigenvalue weighted by Gasteiger charge is 2.22. The summed E-state index contributed by atoms with van der Waals surface area (Å²) in [6.45, 7) is 2.26. The summed E-state index contributed by atoms with van der Waals surface area (Å²) >= 11 is 0. The molecule has 2 aromatic rings. The van der Waals surface area contributed by atoms with Gasteiger partial charge < -0.3 is 19.5 Å². The second kappa shape index (κ2) is 11.4. The standard InChI is InChI=1S/C21H24N2O7/c1-3-4-13-29-21(25)22-19(20(24)28-2)14-15-5-9-17(10-6-15)30-18-11-7-16(8-12-18)23(26)27/h5-12,19H,3-4,13-14H2,1-2H3,(H,22,25)/t19-/m0/s1. The summed E-state index contributed by atoms with van der Waals surface area (Å²) in [5.74, 6) is 0.403. The lowest BCUT2D eigenvalue weighted by Crippen LogP contribution is -2.43. The highest BCUT2D eigenvalue weighted by Crippen LogP contribution is 2.24. The summed E-state index contributed by atoms with van der Waals surface area (Å²) in [4.78, 5) is 34.1. The molecule has 9 nitrogen and oxygen atoms in total. The molecule has 0 spiro atoms. The summed E-state index contributed by atoms with van der Waals surface area (Å²) in [7, 11) is 1.25. The molecule has 0 aliphatic heterocycles. The number of nitro benzene ring substituents is 1. The predicted octanol–water partition coefficient (Wildman–Crippen LogP) is 4.00. The molecule has 1 atom stereocenters. The minimum atomic E-state index is -0.884. The van der Waals surface area contributed by atoms with E-state index in [2.05, 4.69) is 5.32 Å². The predicted molar refractivity (Wildman–Crippen MR) is 109 cm³/mol. The Kier molecular flexibility index (Phi) is 8.61. The van der Waals surface area contributed by atoms with E-state index in [1.54, 1.807) is 24.3 Å². The molecule has 160 valence electrons. The summed E-state index contributed by atoms with van der Waals surface area (Å²) in [5, 5.41) is 13.2. The van der Waals surface area contributed by atoms with Crippen molar-refractivity contribution in [3.05, 3.63) is 64.2 Å². The number of methoxy groups -OCH3 is 1. The van der Waals surface area contributed by atoms with Crippen molar-refractivity contribution in [1.82, 2.24) is 5.32 Å². The Labute approximate surface area is 174 Å². The maximum Gasteiger partial charge on any atom is 0.407 e. The van der Waals surface area contributed by atoms with Gasteiger partial charge in [0.15, 0.2) is 0 Å². The van der Waals surface area contributed by atoms with Crippen LogP contribution in [0.25, 0.3) is 0 Å². The zero-order chi connectivity index (χ0) is 21.9. The Hall–Kier alpha value is -3.62. The molecule has 0 saturated carbocycles. The number of hydrogen-bond donors (Lipinski definition) is 1. The molecule has 9 heteroatoms. The number of rotatable bonds is 10. The molecule has 0 fully saturated rings. The molecule has 30 heavy (non-hydrogen) atoms.